The Bertz CT molecular complexity index is 1130. The van der Waals surface area contributed by atoms with Gasteiger partial charge >= 0.3 is 0 Å². The molecule has 33 heavy (non-hydrogen) atoms. The van der Waals surface area contributed by atoms with Gasteiger partial charge in [-0.05, 0) is 31.0 Å². The molecule has 3 rings (SSSR count). The highest BCUT2D eigenvalue weighted by Crippen LogP contribution is 2.38. The van der Waals surface area contributed by atoms with Crippen LogP contribution in [0.2, 0.25) is 0 Å². The van der Waals surface area contributed by atoms with Gasteiger partial charge in [0, 0.05) is 47.8 Å². The number of nitrogens with zero attached hydrogens (tertiary/aromatic N) is 2. The highest BCUT2D eigenvalue weighted by molar-refractivity contribution is 8.04. The van der Waals surface area contributed by atoms with Crippen molar-refractivity contribution in [3.05, 3.63) is 47.5 Å². The number of anilines is 1. The van der Waals surface area contributed by atoms with E-state index in [0.717, 1.165) is 26.9 Å². The molecule has 0 saturated heterocycles. The minimum atomic E-state index is -0.470. The van der Waals surface area contributed by atoms with Crippen LogP contribution in [0.4, 0.5) is 10.1 Å². The van der Waals surface area contributed by atoms with E-state index in [1.165, 1.54) is 25.1 Å². The smallest absolute Gasteiger partial charge is 0.178 e. The van der Waals surface area contributed by atoms with E-state index in [1.807, 2.05) is 29.7 Å². The molecule has 1 aromatic carbocycles. The third-order valence-electron chi connectivity index (χ3n) is 4.58. The Morgan fingerprint density at radius 2 is 2.12 bits per heavy atom. The third-order valence-corrected chi connectivity index (χ3v) is 6.48. The number of halogens is 1. The van der Waals surface area contributed by atoms with E-state index >= 15 is 0 Å². The van der Waals surface area contributed by atoms with E-state index in [1.54, 1.807) is 31.2 Å². The van der Waals surface area contributed by atoms with Crippen molar-refractivity contribution >= 4 is 35.0 Å². The van der Waals surface area contributed by atoms with Gasteiger partial charge < -0.3 is 25.2 Å². The van der Waals surface area contributed by atoms with Gasteiger partial charge in [0.15, 0.2) is 11.6 Å². The van der Waals surface area contributed by atoms with Crippen molar-refractivity contribution < 1.29 is 13.9 Å². The molecule has 0 radical (unpaired) electrons. The molecular weight excluding hydrogens is 461 g/mol. The number of benzene rings is 1. The normalized spacial score (nSPS) is 11.8. The van der Waals surface area contributed by atoms with Crippen LogP contribution in [0.3, 0.4) is 0 Å². The van der Waals surface area contributed by atoms with E-state index < -0.39 is 5.82 Å². The predicted molar refractivity (Wildman–Crippen MR) is 137 cm³/mol. The molecule has 0 atom stereocenters. The lowest BCUT2D eigenvalue weighted by atomic mass is 10.1. The second-order valence-corrected chi connectivity index (χ2v) is 9.87. The number of rotatable bonds is 11. The maximum Gasteiger partial charge on any atom is 0.178 e. The Morgan fingerprint density at radius 1 is 1.33 bits per heavy atom. The van der Waals surface area contributed by atoms with Gasteiger partial charge in [-0.1, -0.05) is 13.8 Å². The summed E-state index contributed by atoms with van der Waals surface area (Å²) in [6.45, 7) is 7.13. The first-order valence-electron chi connectivity index (χ1n) is 10.6. The Hall–Kier alpha value is -2.56. The Balaban J connectivity index is 2.07. The average Bonchev–Trinajstić information content (AvgIpc) is 3.19. The lowest BCUT2D eigenvalue weighted by Gasteiger charge is -2.15. The zero-order valence-corrected chi connectivity index (χ0v) is 21.1. The Kier molecular flexibility index (Phi) is 8.76. The number of ether oxygens (including phenoxy) is 2. The molecule has 10 heteroatoms. The summed E-state index contributed by atoms with van der Waals surface area (Å²) in [5.41, 5.74) is 8.44. The summed E-state index contributed by atoms with van der Waals surface area (Å²) >= 11 is 3.01. The van der Waals surface area contributed by atoms with Crippen LogP contribution >= 0.6 is 23.7 Å². The molecule has 4 N–H and O–H groups in total. The van der Waals surface area contributed by atoms with Gasteiger partial charge in [0.2, 0.25) is 0 Å². The number of hydrogen-bond donors (Lipinski definition) is 3. The van der Waals surface area contributed by atoms with Crippen molar-refractivity contribution in [1.82, 2.24) is 14.7 Å². The number of thioether (sulfide) groups is 1. The van der Waals surface area contributed by atoms with Crippen molar-refractivity contribution in [2.45, 2.75) is 30.9 Å². The summed E-state index contributed by atoms with van der Waals surface area (Å²) in [6.07, 6.45) is 5.53. The van der Waals surface area contributed by atoms with Gasteiger partial charge in [-0.25, -0.2) is 9.37 Å². The molecule has 0 fully saturated rings. The maximum absolute atomic E-state index is 15.0. The second kappa shape index (κ2) is 11.5. The van der Waals surface area contributed by atoms with Crippen LogP contribution in [-0.4, -0.2) is 41.9 Å². The molecule has 0 unspecified atom stereocenters. The lowest BCUT2D eigenvalue weighted by molar-refractivity contribution is 0.332. The van der Waals surface area contributed by atoms with Crippen LogP contribution in [0.1, 0.15) is 20.8 Å². The summed E-state index contributed by atoms with van der Waals surface area (Å²) in [7, 11) is 3.24. The predicted octanol–water partition coefficient (Wildman–Crippen LogP) is 5.13. The molecule has 0 spiro atoms. The van der Waals surface area contributed by atoms with Crippen LogP contribution in [0.25, 0.3) is 16.9 Å². The standard InChI is InChI=1S/C23H30FN5O2S2/c1-6-31-20-9-22-27-12-19(29(22)13-21(20)32-14(2)3)15-7-17(24)23(30-5)18(8-15)28-33-16(10-25)11-26-4/h7-9,11-14,26,28H,6,10,25H2,1-5H3/b16-11+. The molecule has 0 aliphatic heterocycles. The number of aromatic nitrogens is 2. The Morgan fingerprint density at radius 3 is 2.76 bits per heavy atom. The average molecular weight is 492 g/mol. The van der Waals surface area contributed by atoms with Gasteiger partial charge in [0.25, 0.3) is 0 Å². The van der Waals surface area contributed by atoms with E-state index in [2.05, 4.69) is 28.9 Å². The van der Waals surface area contributed by atoms with Crippen molar-refractivity contribution in [1.29, 1.82) is 0 Å². The largest absolute Gasteiger partial charge is 0.493 e. The van der Waals surface area contributed by atoms with E-state index in [9.17, 15) is 4.39 Å². The Labute approximate surface area is 202 Å². The zero-order chi connectivity index (χ0) is 24.0. The summed E-state index contributed by atoms with van der Waals surface area (Å²) in [6, 6.07) is 5.22. The van der Waals surface area contributed by atoms with E-state index in [4.69, 9.17) is 15.2 Å². The molecule has 0 aliphatic carbocycles. The molecule has 0 amide bonds. The van der Waals surface area contributed by atoms with Gasteiger partial charge in [-0.2, -0.15) is 0 Å². The first-order chi connectivity index (χ1) is 15.9. The molecular formula is C23H30FN5O2S2. The van der Waals surface area contributed by atoms with E-state index in [-0.39, 0.29) is 5.75 Å². The minimum Gasteiger partial charge on any atom is -0.493 e. The van der Waals surface area contributed by atoms with Crippen LogP contribution in [0.15, 0.2) is 46.6 Å². The fourth-order valence-corrected chi connectivity index (χ4v) is 4.81. The molecule has 0 aliphatic rings. The van der Waals surface area contributed by atoms with Crippen LogP contribution < -0.4 is 25.2 Å². The number of pyridine rings is 1. The van der Waals surface area contributed by atoms with Gasteiger partial charge in [0.1, 0.15) is 11.4 Å². The van der Waals surface area contributed by atoms with Crippen LogP contribution in [0, 0.1) is 5.82 Å². The SMILES string of the molecule is CCOc1cc2ncc(-c3cc(F)c(OC)c(NS/C(=C/NC)CN)c3)n2cc1SC(C)C. The summed E-state index contributed by atoms with van der Waals surface area (Å²) < 4.78 is 31.3. The minimum absolute atomic E-state index is 0.135. The number of hydrogen-bond acceptors (Lipinski definition) is 8. The zero-order valence-electron chi connectivity index (χ0n) is 19.4. The molecule has 7 nitrogen and oxygen atoms in total. The molecule has 0 saturated carbocycles. The van der Waals surface area contributed by atoms with Crippen LogP contribution in [0.5, 0.6) is 11.5 Å². The summed E-state index contributed by atoms with van der Waals surface area (Å²) in [5.74, 6) is 0.462. The number of nitrogens with one attached hydrogen (secondary N) is 2. The third kappa shape index (κ3) is 5.87. The lowest BCUT2D eigenvalue weighted by Crippen LogP contribution is -2.07. The quantitative estimate of drug-likeness (QED) is 0.251. The molecule has 2 heterocycles. The molecule has 0 bridgehead atoms. The van der Waals surface area contributed by atoms with Gasteiger partial charge in [0.05, 0.1) is 36.2 Å². The fourth-order valence-electron chi connectivity index (χ4n) is 3.25. The number of imidazole rings is 1. The molecule has 3 aromatic rings. The maximum atomic E-state index is 15.0. The molecule has 2 aromatic heterocycles. The fraction of sp³-hybridized carbons (Fsp3) is 0.348. The topological polar surface area (TPSA) is 85.8 Å². The van der Waals surface area contributed by atoms with Crippen LogP contribution in [-0.2, 0) is 0 Å². The van der Waals surface area contributed by atoms with Gasteiger partial charge in [-0.15, -0.1) is 11.8 Å². The second-order valence-electron chi connectivity index (χ2n) is 7.32. The molecule has 178 valence electrons. The number of nitrogens with two attached hydrogens (primary N) is 1. The van der Waals surface area contributed by atoms with Crippen molar-refractivity contribution in [3.63, 3.8) is 0 Å². The highest BCUT2D eigenvalue weighted by atomic mass is 32.2. The van der Waals surface area contributed by atoms with Gasteiger partial charge in [-0.3, -0.25) is 4.40 Å². The summed E-state index contributed by atoms with van der Waals surface area (Å²) in [4.78, 5) is 6.40. The van der Waals surface area contributed by atoms with Crippen molar-refractivity contribution in [2.75, 3.05) is 32.0 Å². The number of methoxy groups -OCH3 is 1. The van der Waals surface area contributed by atoms with Crippen molar-refractivity contribution in [3.8, 4) is 22.8 Å². The van der Waals surface area contributed by atoms with E-state index in [0.29, 0.717) is 29.7 Å². The monoisotopic (exact) mass is 491 g/mol. The first kappa shape index (κ1) is 25.1. The van der Waals surface area contributed by atoms with Crippen molar-refractivity contribution in [2.24, 2.45) is 5.73 Å². The highest BCUT2D eigenvalue weighted by Gasteiger charge is 2.17. The first-order valence-corrected chi connectivity index (χ1v) is 12.3. The summed E-state index contributed by atoms with van der Waals surface area (Å²) in [5, 5.41) is 3.33. The number of fused-ring (bicyclic) bond motifs is 1.